The molecular formula is C7H6BrN3. The van der Waals surface area contributed by atoms with Crippen molar-refractivity contribution in [3.05, 3.63) is 18.0 Å². The molecule has 2 N–H and O–H groups in total. The van der Waals surface area contributed by atoms with Gasteiger partial charge in [0, 0.05) is 6.20 Å². The van der Waals surface area contributed by atoms with Crippen LogP contribution in [0.3, 0.4) is 0 Å². The molecule has 0 aliphatic heterocycles. The van der Waals surface area contributed by atoms with Crippen molar-refractivity contribution < 1.29 is 0 Å². The Hall–Kier alpha value is -1.08. The predicted molar refractivity (Wildman–Crippen MR) is 47.1 cm³/mol. The van der Waals surface area contributed by atoms with Crippen molar-refractivity contribution in [2.24, 2.45) is 0 Å². The van der Waals surface area contributed by atoms with Crippen molar-refractivity contribution in [3.8, 4) is 11.8 Å². The van der Waals surface area contributed by atoms with Gasteiger partial charge in [0.25, 0.3) is 0 Å². The lowest BCUT2D eigenvalue weighted by molar-refractivity contribution is 1.16. The zero-order valence-electron chi connectivity index (χ0n) is 5.71. The largest absolute Gasteiger partial charge is 0.368 e. The zero-order valence-corrected chi connectivity index (χ0v) is 7.30. The minimum atomic E-state index is 0.256. The Bertz CT molecular complexity index is 300. The van der Waals surface area contributed by atoms with Gasteiger partial charge in [-0.2, -0.15) is 0 Å². The van der Waals surface area contributed by atoms with E-state index in [0.717, 1.165) is 0 Å². The van der Waals surface area contributed by atoms with Crippen molar-refractivity contribution in [2.45, 2.75) is 0 Å². The lowest BCUT2D eigenvalue weighted by Gasteiger charge is -1.89. The molecule has 4 heteroatoms. The number of nitrogens with two attached hydrogens (primary N) is 1. The number of nitrogen functional groups attached to an aromatic ring is 1. The van der Waals surface area contributed by atoms with Gasteiger partial charge in [-0.3, -0.25) is 0 Å². The molecule has 1 aromatic heterocycles. The van der Waals surface area contributed by atoms with Crippen molar-refractivity contribution >= 4 is 21.9 Å². The maximum atomic E-state index is 5.33. The van der Waals surface area contributed by atoms with Gasteiger partial charge in [-0.15, -0.1) is 0 Å². The summed E-state index contributed by atoms with van der Waals surface area (Å²) in [6, 6.07) is 1.71. The molecule has 0 fully saturated rings. The number of hydrogen-bond acceptors (Lipinski definition) is 3. The highest BCUT2D eigenvalue weighted by Gasteiger charge is 1.88. The molecule has 3 nitrogen and oxygen atoms in total. The first-order valence-electron chi connectivity index (χ1n) is 2.96. The normalized spacial score (nSPS) is 8.45. The Balaban J connectivity index is 2.87. The van der Waals surface area contributed by atoms with Gasteiger partial charge in [-0.1, -0.05) is 21.9 Å². The molecule has 1 rings (SSSR count). The smallest absolute Gasteiger partial charge is 0.221 e. The molecule has 0 amide bonds. The molecule has 11 heavy (non-hydrogen) atoms. The molecule has 0 spiro atoms. The molecule has 0 aliphatic carbocycles. The molecule has 0 aliphatic rings. The first kappa shape index (κ1) is 8.02. The summed E-state index contributed by atoms with van der Waals surface area (Å²) in [5.74, 6) is 5.88. The highest BCUT2D eigenvalue weighted by Crippen LogP contribution is 1.93. The zero-order chi connectivity index (χ0) is 8.10. The molecule has 56 valence electrons. The molecule has 1 aromatic rings. The fourth-order valence-electron chi connectivity index (χ4n) is 0.567. The first-order chi connectivity index (χ1) is 5.33. The van der Waals surface area contributed by atoms with Crippen LogP contribution in [0, 0.1) is 11.8 Å². The molecule has 0 saturated carbocycles. The van der Waals surface area contributed by atoms with Crippen LogP contribution in [0.1, 0.15) is 5.69 Å². The van der Waals surface area contributed by atoms with Crippen LogP contribution in [-0.2, 0) is 0 Å². The molecule has 0 atom stereocenters. The summed E-state index contributed by atoms with van der Waals surface area (Å²) in [7, 11) is 0. The van der Waals surface area contributed by atoms with Gasteiger partial charge in [0.2, 0.25) is 5.95 Å². The Morgan fingerprint density at radius 2 is 2.45 bits per heavy atom. The van der Waals surface area contributed by atoms with Gasteiger partial charge in [-0.05, 0) is 12.0 Å². The first-order valence-corrected chi connectivity index (χ1v) is 4.08. The third-order valence-corrected chi connectivity index (χ3v) is 1.24. The second-order valence-corrected chi connectivity index (χ2v) is 2.30. The van der Waals surface area contributed by atoms with E-state index in [1.54, 1.807) is 12.3 Å². The van der Waals surface area contributed by atoms with Crippen molar-refractivity contribution in [1.82, 2.24) is 9.97 Å². The molecule has 0 aromatic carbocycles. The number of rotatable bonds is 0. The van der Waals surface area contributed by atoms with Gasteiger partial charge in [0.1, 0.15) is 5.69 Å². The fraction of sp³-hybridized carbons (Fsp3) is 0.143. The average Bonchev–Trinajstić information content (AvgIpc) is 2.01. The topological polar surface area (TPSA) is 51.8 Å². The Kier molecular flexibility index (Phi) is 2.87. The number of hydrogen-bond donors (Lipinski definition) is 1. The highest BCUT2D eigenvalue weighted by molar-refractivity contribution is 9.09. The Morgan fingerprint density at radius 3 is 3.09 bits per heavy atom. The minimum Gasteiger partial charge on any atom is -0.368 e. The van der Waals surface area contributed by atoms with Crippen LogP contribution < -0.4 is 5.73 Å². The predicted octanol–water partition coefficient (Wildman–Crippen LogP) is 0.805. The van der Waals surface area contributed by atoms with Gasteiger partial charge in [0.05, 0.1) is 5.33 Å². The summed E-state index contributed by atoms with van der Waals surface area (Å²) in [6.45, 7) is 0. The highest BCUT2D eigenvalue weighted by atomic mass is 79.9. The molecule has 0 saturated heterocycles. The third kappa shape index (κ3) is 2.56. The van der Waals surface area contributed by atoms with E-state index in [2.05, 4.69) is 37.7 Å². The van der Waals surface area contributed by atoms with Crippen LogP contribution in [0.2, 0.25) is 0 Å². The van der Waals surface area contributed by atoms with Crippen molar-refractivity contribution in [2.75, 3.05) is 11.1 Å². The number of nitrogens with zero attached hydrogens (tertiary/aromatic N) is 2. The van der Waals surface area contributed by atoms with Gasteiger partial charge in [-0.25, -0.2) is 9.97 Å². The molecule has 0 radical (unpaired) electrons. The Morgan fingerprint density at radius 1 is 1.64 bits per heavy atom. The van der Waals surface area contributed by atoms with E-state index in [-0.39, 0.29) is 5.95 Å². The summed E-state index contributed by atoms with van der Waals surface area (Å²) >= 11 is 3.18. The van der Waals surface area contributed by atoms with Crippen LogP contribution in [0.15, 0.2) is 12.3 Å². The maximum absolute atomic E-state index is 5.33. The molecule has 0 bridgehead atoms. The monoisotopic (exact) mass is 211 g/mol. The second kappa shape index (κ2) is 3.94. The lowest BCUT2D eigenvalue weighted by atomic mass is 10.4. The van der Waals surface area contributed by atoms with Crippen LogP contribution in [0.5, 0.6) is 0 Å². The minimum absolute atomic E-state index is 0.256. The molecular weight excluding hydrogens is 206 g/mol. The molecule has 0 unspecified atom stereocenters. The SMILES string of the molecule is Nc1nccc(C#CCBr)n1. The van der Waals surface area contributed by atoms with E-state index in [4.69, 9.17) is 5.73 Å². The number of halogens is 1. The third-order valence-electron chi connectivity index (χ3n) is 0.957. The lowest BCUT2D eigenvalue weighted by Crippen LogP contribution is -1.94. The van der Waals surface area contributed by atoms with Crippen LogP contribution in [0.25, 0.3) is 0 Å². The number of alkyl halides is 1. The average molecular weight is 212 g/mol. The van der Waals surface area contributed by atoms with Crippen LogP contribution in [-0.4, -0.2) is 15.3 Å². The van der Waals surface area contributed by atoms with E-state index in [0.29, 0.717) is 11.0 Å². The van der Waals surface area contributed by atoms with E-state index in [1.807, 2.05) is 0 Å². The maximum Gasteiger partial charge on any atom is 0.221 e. The summed E-state index contributed by atoms with van der Waals surface area (Å²) in [5, 5.41) is 0.636. The van der Waals surface area contributed by atoms with E-state index >= 15 is 0 Å². The summed E-state index contributed by atoms with van der Waals surface area (Å²) in [6.07, 6.45) is 1.58. The van der Waals surface area contributed by atoms with Crippen LogP contribution >= 0.6 is 15.9 Å². The Labute approximate surface area is 73.2 Å². The number of aromatic nitrogens is 2. The standard InChI is InChI=1S/C7H6BrN3/c8-4-1-2-6-3-5-10-7(9)11-6/h3,5H,4H2,(H2,9,10,11). The second-order valence-electron chi connectivity index (χ2n) is 1.74. The van der Waals surface area contributed by atoms with E-state index in [9.17, 15) is 0 Å². The van der Waals surface area contributed by atoms with Gasteiger partial charge < -0.3 is 5.73 Å². The van der Waals surface area contributed by atoms with Crippen molar-refractivity contribution in [1.29, 1.82) is 0 Å². The van der Waals surface area contributed by atoms with E-state index < -0.39 is 0 Å². The quantitative estimate of drug-likeness (QED) is 0.511. The fourth-order valence-corrected chi connectivity index (χ4v) is 0.708. The van der Waals surface area contributed by atoms with Crippen LogP contribution in [0.4, 0.5) is 5.95 Å². The summed E-state index contributed by atoms with van der Waals surface area (Å²) in [4.78, 5) is 7.62. The van der Waals surface area contributed by atoms with Gasteiger partial charge in [0.15, 0.2) is 0 Å². The summed E-state index contributed by atoms with van der Waals surface area (Å²) < 4.78 is 0. The number of anilines is 1. The van der Waals surface area contributed by atoms with Crippen molar-refractivity contribution in [3.63, 3.8) is 0 Å². The van der Waals surface area contributed by atoms with Gasteiger partial charge >= 0.3 is 0 Å². The summed E-state index contributed by atoms with van der Waals surface area (Å²) in [5.41, 5.74) is 5.98. The van der Waals surface area contributed by atoms with E-state index in [1.165, 1.54) is 0 Å². The molecule has 1 heterocycles.